The van der Waals surface area contributed by atoms with Crippen molar-refractivity contribution in [3.63, 3.8) is 0 Å². The summed E-state index contributed by atoms with van der Waals surface area (Å²) in [5.41, 5.74) is 1.27. The Morgan fingerprint density at radius 3 is 2.37 bits per heavy atom. The van der Waals surface area contributed by atoms with E-state index in [9.17, 15) is 0 Å². The number of benzene rings is 1. The molecule has 1 aromatic carbocycles. The van der Waals surface area contributed by atoms with Crippen molar-refractivity contribution in [3.05, 3.63) is 46.2 Å². The van der Waals surface area contributed by atoms with Gasteiger partial charge in [0.05, 0.1) is 25.1 Å². The highest BCUT2D eigenvalue weighted by Crippen LogP contribution is 2.43. The van der Waals surface area contributed by atoms with E-state index < -0.39 is 3.52 Å². The normalized spacial score (nSPS) is 15.1. The predicted octanol–water partition coefficient (Wildman–Crippen LogP) is 6.92. The molecule has 0 saturated heterocycles. The molecule has 1 heterocycles. The Hall–Kier alpha value is -0.910. The van der Waals surface area contributed by atoms with Crippen LogP contribution in [0.3, 0.4) is 0 Å². The van der Waals surface area contributed by atoms with Gasteiger partial charge in [-0.15, -0.1) is 0 Å². The van der Waals surface area contributed by atoms with Gasteiger partial charge in [-0.25, -0.2) is 0 Å². The van der Waals surface area contributed by atoms with E-state index in [2.05, 4.69) is 4.98 Å². The van der Waals surface area contributed by atoms with Crippen molar-refractivity contribution in [2.24, 2.45) is 0 Å². The van der Waals surface area contributed by atoms with Gasteiger partial charge in [0, 0.05) is 5.56 Å². The van der Waals surface area contributed by atoms with Crippen molar-refractivity contribution in [2.45, 2.75) is 45.3 Å². The van der Waals surface area contributed by atoms with Gasteiger partial charge in [0.1, 0.15) is 16.6 Å². The second-order valence-electron chi connectivity index (χ2n) is 6.48. The molecule has 1 aliphatic rings. The number of quaternary nitrogens is 1. The first kappa shape index (κ1) is 20.8. The fraction of sp³-hybridized carbons (Fsp3) is 0.421. The molecule has 1 aliphatic carbocycles. The van der Waals surface area contributed by atoms with Gasteiger partial charge >= 0.3 is 0 Å². The maximum Gasteiger partial charge on any atom is 0.210 e. The molecule has 0 bridgehead atoms. The van der Waals surface area contributed by atoms with E-state index in [4.69, 9.17) is 56.2 Å². The Morgan fingerprint density at radius 1 is 1.07 bits per heavy atom. The Balaban J connectivity index is 1.87. The molecule has 27 heavy (non-hydrogen) atoms. The number of hydrogen-bond donors (Lipinski definition) is 0. The summed E-state index contributed by atoms with van der Waals surface area (Å²) in [7, 11) is 0. The van der Waals surface area contributed by atoms with E-state index in [-0.39, 0.29) is 12.6 Å². The average molecular weight is 451 g/mol. The van der Waals surface area contributed by atoms with Crippen molar-refractivity contribution < 1.29 is 9.47 Å². The van der Waals surface area contributed by atoms with E-state index in [1.54, 1.807) is 0 Å². The Morgan fingerprint density at radius 2 is 1.74 bits per heavy atom. The number of halogens is 4. The van der Waals surface area contributed by atoms with Crippen molar-refractivity contribution in [1.82, 2.24) is 8.51 Å². The molecular weight excluding hydrogens is 430 g/mol. The second kappa shape index (κ2) is 9.06. The van der Waals surface area contributed by atoms with Crippen molar-refractivity contribution >= 4 is 52.4 Å². The highest BCUT2D eigenvalue weighted by atomic mass is 35.5. The Kier molecular flexibility index (Phi) is 6.98. The predicted molar refractivity (Wildman–Crippen MR) is 112 cm³/mol. The molecular formula is C19H21Cl4N2O2+. The largest absolute Gasteiger partial charge is 0.490 e. The molecule has 3 rings (SSSR count). The first-order chi connectivity index (χ1) is 12.9. The number of pyridine rings is 1. The maximum atomic E-state index is 6.56. The third-order valence-corrected chi connectivity index (χ3v) is 5.57. The average Bonchev–Trinajstić information content (AvgIpc) is 3.09. The third-order valence-electron chi connectivity index (χ3n) is 4.44. The number of aromatic nitrogens is 1. The molecule has 1 aromatic heterocycles. The molecule has 1 saturated carbocycles. The van der Waals surface area contributed by atoms with E-state index in [0.29, 0.717) is 28.1 Å². The van der Waals surface area contributed by atoms with Gasteiger partial charge in [-0.1, -0.05) is 26.7 Å². The first-order valence-electron chi connectivity index (χ1n) is 8.90. The minimum absolute atomic E-state index is 0.217. The zero-order valence-corrected chi connectivity index (χ0v) is 18.0. The van der Waals surface area contributed by atoms with Crippen molar-refractivity contribution in [3.8, 4) is 11.5 Å². The van der Waals surface area contributed by atoms with Crippen LogP contribution in [-0.2, 0) is 6.54 Å². The fourth-order valence-corrected chi connectivity index (χ4v) is 4.70. The quantitative estimate of drug-likeness (QED) is 0.428. The van der Waals surface area contributed by atoms with Gasteiger partial charge in [-0.05, 0) is 50.8 Å². The summed E-state index contributed by atoms with van der Waals surface area (Å²) in [6.07, 6.45) is 7.65. The van der Waals surface area contributed by atoms with Crippen LogP contribution in [0.25, 0.3) is 0 Å². The molecule has 146 valence electrons. The van der Waals surface area contributed by atoms with Gasteiger partial charge in [-0.3, -0.25) is 4.98 Å². The number of ether oxygens (including phenoxy) is 2. The zero-order valence-electron chi connectivity index (χ0n) is 14.9. The monoisotopic (exact) mass is 449 g/mol. The van der Waals surface area contributed by atoms with Crippen molar-refractivity contribution in [2.75, 3.05) is 6.61 Å². The van der Waals surface area contributed by atoms with Crippen LogP contribution in [-0.4, -0.2) is 17.7 Å². The molecule has 0 N–H and O–H groups in total. The van der Waals surface area contributed by atoms with Crippen LogP contribution in [0.2, 0.25) is 10.0 Å². The highest BCUT2D eigenvalue weighted by Gasteiger charge is 2.35. The lowest BCUT2D eigenvalue weighted by Crippen LogP contribution is -2.27. The number of nitrogens with zero attached hydrogens (tertiary/aromatic N) is 2. The molecule has 4 nitrogen and oxygen atoms in total. The molecule has 0 atom stereocenters. The van der Waals surface area contributed by atoms with Gasteiger partial charge in [0.2, 0.25) is 5.69 Å². The van der Waals surface area contributed by atoms with Gasteiger partial charge < -0.3 is 9.47 Å². The van der Waals surface area contributed by atoms with Crippen LogP contribution < -0.4 is 13.0 Å². The molecule has 0 amide bonds. The topological polar surface area (TPSA) is 31.4 Å². The summed E-state index contributed by atoms with van der Waals surface area (Å²) < 4.78 is 11.4. The molecule has 0 radical (unpaired) electrons. The SMILES string of the molecule is CCOc1ccc(C[N+](Cl)(Cl)c2c(Cl)cncc2Cl)cc1OC1CCCC1. The molecule has 0 spiro atoms. The second-order valence-corrected chi connectivity index (χ2v) is 8.62. The number of hydrogen-bond acceptors (Lipinski definition) is 3. The lowest BCUT2D eigenvalue weighted by molar-refractivity contribution is 0.196. The molecule has 1 fully saturated rings. The smallest absolute Gasteiger partial charge is 0.210 e. The molecule has 0 aliphatic heterocycles. The van der Waals surface area contributed by atoms with Gasteiger partial charge in [0.15, 0.2) is 35.1 Å². The summed E-state index contributed by atoms with van der Waals surface area (Å²) >= 11 is 25.6. The summed E-state index contributed by atoms with van der Waals surface area (Å²) in [4.78, 5) is 3.94. The lowest BCUT2D eigenvalue weighted by Gasteiger charge is -2.22. The highest BCUT2D eigenvalue weighted by molar-refractivity contribution is 6.48. The third kappa shape index (κ3) is 5.12. The van der Waals surface area contributed by atoms with Gasteiger partial charge in [0.25, 0.3) is 0 Å². The van der Waals surface area contributed by atoms with E-state index in [1.807, 2.05) is 25.1 Å². The lowest BCUT2D eigenvalue weighted by atomic mass is 10.2. The van der Waals surface area contributed by atoms with Crippen LogP contribution >= 0.6 is 46.8 Å². The minimum atomic E-state index is -0.545. The van der Waals surface area contributed by atoms with Crippen LogP contribution in [0.4, 0.5) is 5.69 Å². The van der Waals surface area contributed by atoms with Crippen LogP contribution in [0, 0.1) is 0 Å². The summed E-state index contributed by atoms with van der Waals surface area (Å²) in [6.45, 7) is 2.76. The first-order valence-corrected chi connectivity index (χ1v) is 10.3. The van der Waals surface area contributed by atoms with Crippen LogP contribution in [0.1, 0.15) is 38.2 Å². The summed E-state index contributed by atoms with van der Waals surface area (Å²) in [5, 5.41) is 0.613. The van der Waals surface area contributed by atoms with Crippen LogP contribution in [0.5, 0.6) is 11.5 Å². The Bertz CT molecular complexity index is 775. The maximum absolute atomic E-state index is 6.56. The van der Waals surface area contributed by atoms with Crippen LogP contribution in [0.15, 0.2) is 30.6 Å². The van der Waals surface area contributed by atoms with E-state index in [0.717, 1.165) is 24.2 Å². The van der Waals surface area contributed by atoms with Gasteiger partial charge in [-0.2, -0.15) is 0 Å². The molecule has 8 heteroatoms. The molecule has 0 unspecified atom stereocenters. The summed E-state index contributed by atoms with van der Waals surface area (Å²) in [5.74, 6) is 1.43. The minimum Gasteiger partial charge on any atom is -0.490 e. The molecule has 2 aromatic rings. The van der Waals surface area contributed by atoms with E-state index in [1.165, 1.54) is 25.2 Å². The summed E-state index contributed by atoms with van der Waals surface area (Å²) in [6, 6.07) is 5.71. The Labute approximate surface area is 179 Å². The zero-order chi connectivity index (χ0) is 19.4. The number of rotatable bonds is 7. The fourth-order valence-electron chi connectivity index (χ4n) is 3.23. The standard InChI is InChI=1S/C19H21Cl4N2O2/c1-2-26-17-8-7-13(9-18(17)27-14-5-3-4-6-14)12-25(22,23)19-15(20)10-24-11-16(19)21/h7-11,14H,2-6,12H2,1H3/q+1. The van der Waals surface area contributed by atoms with E-state index >= 15 is 0 Å². The van der Waals surface area contributed by atoms with Crippen molar-refractivity contribution in [1.29, 1.82) is 0 Å².